The number of amides is 2. The van der Waals surface area contributed by atoms with Crippen LogP contribution in [-0.2, 0) is 16.1 Å². The molecule has 7 heteroatoms. The molecule has 1 aliphatic heterocycles. The van der Waals surface area contributed by atoms with Gasteiger partial charge in [-0.1, -0.05) is 30.3 Å². The second kappa shape index (κ2) is 9.14. The first-order chi connectivity index (χ1) is 14.3. The van der Waals surface area contributed by atoms with Gasteiger partial charge in [0.15, 0.2) is 0 Å². The maximum Gasteiger partial charge on any atom is 0.239 e. The number of nitriles is 1. The Bertz CT molecular complexity index is 972. The summed E-state index contributed by atoms with van der Waals surface area (Å²) in [5, 5.41) is 12.7. The van der Waals surface area contributed by atoms with Crippen LogP contribution >= 0.6 is 0 Å². The number of carbonyl (C=O) groups is 2. The van der Waals surface area contributed by atoms with Crippen LogP contribution in [0.4, 0.5) is 5.82 Å². The molecule has 1 saturated heterocycles. The molecule has 2 amide bonds. The molecule has 2 aromatic rings. The third-order valence-electron chi connectivity index (χ3n) is 5.82. The van der Waals surface area contributed by atoms with Gasteiger partial charge in [0.05, 0.1) is 18.2 Å². The molecule has 1 aromatic heterocycles. The number of aromatic nitrogens is 1. The lowest BCUT2D eigenvalue weighted by molar-refractivity contribution is -0.133. The van der Waals surface area contributed by atoms with E-state index in [1.807, 2.05) is 53.6 Å². The van der Waals surface area contributed by atoms with Gasteiger partial charge in [0, 0.05) is 26.3 Å². The molecule has 30 heavy (non-hydrogen) atoms. The van der Waals surface area contributed by atoms with E-state index in [9.17, 15) is 14.9 Å². The summed E-state index contributed by atoms with van der Waals surface area (Å²) in [4.78, 5) is 28.8. The van der Waals surface area contributed by atoms with Crippen LogP contribution < -0.4 is 5.32 Å². The molecule has 1 aliphatic rings. The highest BCUT2D eigenvalue weighted by Crippen LogP contribution is 2.27. The lowest BCUT2D eigenvalue weighted by atomic mass is 10.2. The highest BCUT2D eigenvalue weighted by Gasteiger charge is 2.33. The van der Waals surface area contributed by atoms with Crippen LogP contribution in [0.1, 0.15) is 35.2 Å². The van der Waals surface area contributed by atoms with Crippen LogP contribution in [-0.4, -0.2) is 59.4 Å². The van der Waals surface area contributed by atoms with Gasteiger partial charge in [-0.05, 0) is 44.4 Å². The Morgan fingerprint density at radius 3 is 2.57 bits per heavy atom. The summed E-state index contributed by atoms with van der Waals surface area (Å²) in [6.07, 6.45) is 1.65. The van der Waals surface area contributed by atoms with Gasteiger partial charge < -0.3 is 14.8 Å². The Kier molecular flexibility index (Phi) is 6.58. The van der Waals surface area contributed by atoms with Gasteiger partial charge in [-0.3, -0.25) is 14.5 Å². The van der Waals surface area contributed by atoms with Crippen LogP contribution in [0.25, 0.3) is 0 Å². The van der Waals surface area contributed by atoms with Crippen LogP contribution in [0.2, 0.25) is 0 Å². The number of likely N-dealkylation sites (N-methyl/N-ethyl adjacent to an activating group) is 1. The standard InChI is InChI=1S/C23H29N5O2/c1-16-17(2)28(14-18-9-6-5-7-10-18)22(19(16)13-24)25-21(29)15-27-12-8-11-20(27)23(30)26(3)4/h5-7,9-10,20H,8,11-12,14-15H2,1-4H3,(H,25,29). The summed E-state index contributed by atoms with van der Waals surface area (Å²) in [5.41, 5.74) is 3.39. The predicted molar refractivity (Wildman–Crippen MR) is 116 cm³/mol. The van der Waals surface area contributed by atoms with Gasteiger partial charge in [0.1, 0.15) is 11.9 Å². The zero-order valence-electron chi connectivity index (χ0n) is 18.1. The molecule has 0 aliphatic carbocycles. The molecule has 1 N–H and O–H groups in total. The Morgan fingerprint density at radius 1 is 1.23 bits per heavy atom. The number of rotatable bonds is 6. The van der Waals surface area contributed by atoms with Gasteiger partial charge in [-0.15, -0.1) is 0 Å². The number of nitrogens with one attached hydrogen (secondary N) is 1. The van der Waals surface area contributed by atoms with E-state index in [0.717, 1.165) is 29.7 Å². The van der Waals surface area contributed by atoms with Gasteiger partial charge in [0.25, 0.3) is 0 Å². The molecule has 1 unspecified atom stereocenters. The monoisotopic (exact) mass is 407 g/mol. The van der Waals surface area contributed by atoms with Crippen LogP contribution in [0, 0.1) is 25.2 Å². The first kappa shape index (κ1) is 21.6. The fraction of sp³-hybridized carbons (Fsp3) is 0.435. The number of likely N-dealkylation sites (tertiary alicyclic amines) is 1. The first-order valence-corrected chi connectivity index (χ1v) is 10.2. The zero-order valence-corrected chi connectivity index (χ0v) is 18.1. The molecule has 0 radical (unpaired) electrons. The molecule has 3 rings (SSSR count). The lowest BCUT2D eigenvalue weighted by Gasteiger charge is -2.25. The summed E-state index contributed by atoms with van der Waals surface area (Å²) in [6.45, 7) is 5.27. The highest BCUT2D eigenvalue weighted by molar-refractivity contribution is 5.94. The van der Waals surface area contributed by atoms with Crippen molar-refractivity contribution in [1.82, 2.24) is 14.4 Å². The topological polar surface area (TPSA) is 81.4 Å². The SMILES string of the molecule is Cc1c(C#N)c(NC(=O)CN2CCCC2C(=O)N(C)C)n(Cc2ccccc2)c1C. The molecular weight excluding hydrogens is 378 g/mol. The van der Waals surface area contributed by atoms with Gasteiger partial charge in [0.2, 0.25) is 11.8 Å². The molecule has 7 nitrogen and oxygen atoms in total. The minimum absolute atomic E-state index is 0.0251. The van der Waals surface area contributed by atoms with E-state index in [4.69, 9.17) is 0 Å². The predicted octanol–water partition coefficient (Wildman–Crippen LogP) is 2.52. The van der Waals surface area contributed by atoms with Crippen molar-refractivity contribution in [3.63, 3.8) is 0 Å². The zero-order chi connectivity index (χ0) is 21.8. The van der Waals surface area contributed by atoms with Crippen LogP contribution in [0.15, 0.2) is 30.3 Å². The van der Waals surface area contributed by atoms with Crippen molar-refractivity contribution in [2.45, 2.75) is 39.3 Å². The summed E-state index contributed by atoms with van der Waals surface area (Å²) < 4.78 is 1.98. The molecule has 0 saturated carbocycles. The molecule has 1 atom stereocenters. The molecule has 1 fully saturated rings. The van der Waals surface area contributed by atoms with E-state index in [2.05, 4.69) is 11.4 Å². The number of anilines is 1. The minimum atomic E-state index is -0.263. The lowest BCUT2D eigenvalue weighted by Crippen LogP contribution is -2.45. The Labute approximate surface area is 177 Å². The van der Waals surface area contributed by atoms with Crippen molar-refractivity contribution in [3.05, 3.63) is 52.7 Å². The van der Waals surface area contributed by atoms with Crippen molar-refractivity contribution < 1.29 is 9.59 Å². The van der Waals surface area contributed by atoms with Gasteiger partial charge >= 0.3 is 0 Å². The van der Waals surface area contributed by atoms with E-state index in [1.165, 1.54) is 0 Å². The van der Waals surface area contributed by atoms with E-state index in [-0.39, 0.29) is 24.4 Å². The third-order valence-corrected chi connectivity index (χ3v) is 5.82. The van der Waals surface area contributed by atoms with E-state index < -0.39 is 0 Å². The average molecular weight is 408 g/mol. The van der Waals surface area contributed by atoms with E-state index in [0.29, 0.717) is 24.5 Å². The number of nitrogens with zero attached hydrogens (tertiary/aromatic N) is 4. The van der Waals surface area contributed by atoms with Gasteiger partial charge in [-0.2, -0.15) is 5.26 Å². The number of benzene rings is 1. The van der Waals surface area contributed by atoms with Crippen molar-refractivity contribution in [3.8, 4) is 6.07 Å². The highest BCUT2D eigenvalue weighted by atomic mass is 16.2. The van der Waals surface area contributed by atoms with Crippen molar-refractivity contribution in [2.75, 3.05) is 32.5 Å². The quantitative estimate of drug-likeness (QED) is 0.798. The fourth-order valence-corrected chi connectivity index (χ4v) is 4.04. The maximum atomic E-state index is 12.9. The van der Waals surface area contributed by atoms with Crippen molar-refractivity contribution >= 4 is 17.6 Å². The number of carbonyl (C=O) groups excluding carboxylic acids is 2. The largest absolute Gasteiger partial charge is 0.347 e. The Balaban J connectivity index is 1.82. The molecule has 158 valence electrons. The van der Waals surface area contributed by atoms with E-state index in [1.54, 1.807) is 19.0 Å². The Hall–Kier alpha value is -3.11. The smallest absolute Gasteiger partial charge is 0.239 e. The first-order valence-electron chi connectivity index (χ1n) is 10.2. The third kappa shape index (κ3) is 4.39. The maximum absolute atomic E-state index is 12.9. The number of hydrogen-bond donors (Lipinski definition) is 1. The van der Waals surface area contributed by atoms with E-state index >= 15 is 0 Å². The van der Waals surface area contributed by atoms with Crippen LogP contribution in [0.5, 0.6) is 0 Å². The fourth-order valence-electron chi connectivity index (χ4n) is 4.04. The average Bonchev–Trinajstić information content (AvgIpc) is 3.26. The molecule has 0 bridgehead atoms. The summed E-state index contributed by atoms with van der Waals surface area (Å²) >= 11 is 0. The molecule has 0 spiro atoms. The Morgan fingerprint density at radius 2 is 1.93 bits per heavy atom. The van der Waals surface area contributed by atoms with Crippen molar-refractivity contribution in [1.29, 1.82) is 5.26 Å². The van der Waals surface area contributed by atoms with Gasteiger partial charge in [-0.25, -0.2) is 0 Å². The summed E-state index contributed by atoms with van der Waals surface area (Å²) in [5.74, 6) is 0.338. The second-order valence-corrected chi connectivity index (χ2v) is 8.03. The summed E-state index contributed by atoms with van der Waals surface area (Å²) in [6, 6.07) is 11.9. The van der Waals surface area contributed by atoms with Crippen LogP contribution in [0.3, 0.4) is 0 Å². The normalized spacial score (nSPS) is 16.3. The summed E-state index contributed by atoms with van der Waals surface area (Å²) in [7, 11) is 3.47. The van der Waals surface area contributed by atoms with Crippen molar-refractivity contribution in [2.24, 2.45) is 0 Å². The second-order valence-electron chi connectivity index (χ2n) is 8.03. The number of hydrogen-bond acceptors (Lipinski definition) is 4. The molecule has 1 aromatic carbocycles. The molecule has 2 heterocycles. The molecular formula is C23H29N5O2. The minimum Gasteiger partial charge on any atom is -0.347 e.